The number of amides is 2. The van der Waals surface area contributed by atoms with Gasteiger partial charge >= 0.3 is 6.03 Å². The Labute approximate surface area is 288 Å². The van der Waals surface area contributed by atoms with Crippen LogP contribution in [0.25, 0.3) is 0 Å². The SMILES string of the molecule is CC(=O)[C@@H](Cc1ccccc1)NC(=O)NCc1ccc(C2O[C@H](CN(C)[C@@H](C)[C@H](O)c3ccccc3)C[C@H](c3ccc(CO)cc3)O2)cc1. The molecular formula is C40H47N3O6. The summed E-state index contributed by atoms with van der Waals surface area (Å²) in [7, 11) is 1.99. The third kappa shape index (κ3) is 10.1. The molecule has 4 aromatic carbocycles. The zero-order valence-electron chi connectivity index (χ0n) is 28.4. The molecule has 49 heavy (non-hydrogen) atoms. The zero-order chi connectivity index (χ0) is 34.8. The number of urea groups is 1. The number of ketones is 1. The van der Waals surface area contributed by atoms with Crippen molar-refractivity contribution in [1.82, 2.24) is 15.5 Å². The van der Waals surface area contributed by atoms with Gasteiger partial charge in [0.2, 0.25) is 0 Å². The number of rotatable bonds is 14. The molecule has 1 saturated heterocycles. The highest BCUT2D eigenvalue weighted by atomic mass is 16.7. The summed E-state index contributed by atoms with van der Waals surface area (Å²) in [4.78, 5) is 27.0. The van der Waals surface area contributed by atoms with Crippen LogP contribution in [-0.4, -0.2) is 58.7 Å². The standard InChI is InChI=1S/C40H47N3O6/c1-27(38(46)33-12-8-5-9-13-33)43(3)25-35-23-37(32-18-16-31(26-44)17-19-32)49-39(48-35)34-20-14-30(15-21-34)24-41-40(47)42-36(28(2)45)22-29-10-6-4-7-11-29/h4-21,27,35-39,44,46H,22-26H2,1-3H3,(H2,41,42,47)/t27-,35-,36+,37+,38-,39?/m0/s1. The van der Waals surface area contributed by atoms with Gasteiger partial charge in [0, 0.05) is 31.1 Å². The first-order valence-electron chi connectivity index (χ1n) is 16.8. The molecule has 258 valence electrons. The molecule has 0 radical (unpaired) electrons. The minimum atomic E-state index is -0.649. The van der Waals surface area contributed by atoms with Crippen molar-refractivity contribution in [2.45, 2.75) is 76.5 Å². The van der Waals surface area contributed by atoms with Gasteiger partial charge in [-0.05, 0) is 55.1 Å². The first kappa shape index (κ1) is 35.9. The third-order valence-corrected chi connectivity index (χ3v) is 9.18. The molecule has 4 N–H and O–H groups in total. The van der Waals surface area contributed by atoms with Gasteiger partial charge in [0.05, 0.1) is 31.0 Å². The Hall–Kier alpha value is -4.38. The monoisotopic (exact) mass is 665 g/mol. The fraction of sp³-hybridized carbons (Fsp3) is 0.350. The number of nitrogens with zero attached hydrogens (tertiary/aromatic N) is 1. The molecule has 0 spiro atoms. The number of ether oxygens (including phenoxy) is 2. The summed E-state index contributed by atoms with van der Waals surface area (Å²) < 4.78 is 13.0. The zero-order valence-corrected chi connectivity index (χ0v) is 28.4. The summed E-state index contributed by atoms with van der Waals surface area (Å²) in [5, 5.41) is 26.3. The number of Topliss-reactive ketones (excluding diaryl/α,β-unsaturated/α-hetero) is 1. The van der Waals surface area contributed by atoms with E-state index < -0.39 is 24.5 Å². The van der Waals surface area contributed by atoms with E-state index in [1.54, 1.807) is 0 Å². The normalized spacial score (nSPS) is 19.5. The summed E-state index contributed by atoms with van der Waals surface area (Å²) in [5.74, 6) is -0.107. The van der Waals surface area contributed by atoms with Crippen molar-refractivity contribution in [2.75, 3.05) is 13.6 Å². The number of benzene rings is 4. The van der Waals surface area contributed by atoms with Crippen LogP contribution in [0.2, 0.25) is 0 Å². The van der Waals surface area contributed by atoms with E-state index >= 15 is 0 Å². The Morgan fingerprint density at radius 1 is 0.837 bits per heavy atom. The van der Waals surface area contributed by atoms with Crippen molar-refractivity contribution < 1.29 is 29.3 Å². The molecule has 1 fully saturated rings. The Bertz CT molecular complexity index is 1620. The molecule has 0 aliphatic carbocycles. The van der Waals surface area contributed by atoms with Crippen LogP contribution >= 0.6 is 0 Å². The van der Waals surface area contributed by atoms with E-state index in [4.69, 9.17) is 9.47 Å². The van der Waals surface area contributed by atoms with E-state index in [0.717, 1.165) is 33.4 Å². The lowest BCUT2D eigenvalue weighted by Gasteiger charge is -2.39. The largest absolute Gasteiger partial charge is 0.392 e. The highest BCUT2D eigenvalue weighted by molar-refractivity contribution is 5.87. The molecule has 5 rings (SSSR count). The van der Waals surface area contributed by atoms with E-state index in [1.165, 1.54) is 6.92 Å². The van der Waals surface area contributed by atoms with Crippen LogP contribution < -0.4 is 10.6 Å². The van der Waals surface area contributed by atoms with Crippen LogP contribution in [0.5, 0.6) is 0 Å². The quantitative estimate of drug-likeness (QED) is 0.135. The van der Waals surface area contributed by atoms with Gasteiger partial charge in [-0.25, -0.2) is 4.79 Å². The Kier molecular flexibility index (Phi) is 12.7. The number of aliphatic hydroxyl groups excluding tert-OH is 2. The Morgan fingerprint density at radius 2 is 1.45 bits per heavy atom. The van der Waals surface area contributed by atoms with Gasteiger partial charge in [0.15, 0.2) is 12.1 Å². The fourth-order valence-corrected chi connectivity index (χ4v) is 6.02. The summed E-state index contributed by atoms with van der Waals surface area (Å²) in [5.41, 5.74) is 5.40. The van der Waals surface area contributed by atoms with Gasteiger partial charge in [0.25, 0.3) is 0 Å². The van der Waals surface area contributed by atoms with E-state index in [2.05, 4.69) is 15.5 Å². The lowest BCUT2D eigenvalue weighted by Crippen LogP contribution is -2.46. The molecule has 1 aliphatic heterocycles. The third-order valence-electron chi connectivity index (χ3n) is 9.18. The lowest BCUT2D eigenvalue weighted by molar-refractivity contribution is -0.253. The summed E-state index contributed by atoms with van der Waals surface area (Å²) >= 11 is 0. The molecule has 9 heteroatoms. The topological polar surface area (TPSA) is 120 Å². The maximum absolute atomic E-state index is 12.7. The molecule has 1 unspecified atom stereocenters. The predicted octanol–water partition coefficient (Wildman–Crippen LogP) is 5.78. The van der Waals surface area contributed by atoms with Gasteiger partial charge in [-0.1, -0.05) is 109 Å². The fourth-order valence-electron chi connectivity index (χ4n) is 6.02. The summed E-state index contributed by atoms with van der Waals surface area (Å²) in [6, 6.07) is 33.6. The van der Waals surface area contributed by atoms with Crippen LogP contribution in [0.15, 0.2) is 109 Å². The average Bonchev–Trinajstić information content (AvgIpc) is 3.14. The van der Waals surface area contributed by atoms with Crippen molar-refractivity contribution in [1.29, 1.82) is 0 Å². The molecule has 1 aliphatic rings. The number of nitrogens with one attached hydrogen (secondary N) is 2. The van der Waals surface area contributed by atoms with Crippen LogP contribution in [-0.2, 0) is 33.8 Å². The maximum atomic E-state index is 12.7. The molecule has 0 bridgehead atoms. The summed E-state index contributed by atoms with van der Waals surface area (Å²) in [6.07, 6.45) is -0.667. The van der Waals surface area contributed by atoms with Gasteiger partial charge < -0.3 is 30.3 Å². The first-order valence-corrected chi connectivity index (χ1v) is 16.8. The van der Waals surface area contributed by atoms with Crippen LogP contribution in [0, 0.1) is 0 Å². The Balaban J connectivity index is 1.23. The number of hydrogen-bond acceptors (Lipinski definition) is 7. The molecule has 9 nitrogen and oxygen atoms in total. The number of carbonyl (C=O) groups excluding carboxylic acids is 2. The minimum absolute atomic E-state index is 0.0273. The van der Waals surface area contributed by atoms with Gasteiger partial charge in [-0.3, -0.25) is 9.69 Å². The van der Waals surface area contributed by atoms with E-state index in [0.29, 0.717) is 19.4 Å². The first-order chi connectivity index (χ1) is 23.7. The predicted molar refractivity (Wildman–Crippen MR) is 188 cm³/mol. The highest BCUT2D eigenvalue weighted by Gasteiger charge is 2.34. The molecular weight excluding hydrogens is 618 g/mol. The van der Waals surface area contributed by atoms with Crippen LogP contribution in [0.4, 0.5) is 4.79 Å². The maximum Gasteiger partial charge on any atom is 0.315 e. The number of carbonyl (C=O) groups is 2. The molecule has 6 atom stereocenters. The van der Waals surface area contributed by atoms with Crippen molar-refractivity contribution in [3.8, 4) is 0 Å². The summed E-state index contributed by atoms with van der Waals surface area (Å²) in [6.45, 7) is 4.33. The van der Waals surface area contributed by atoms with Gasteiger partial charge in [-0.15, -0.1) is 0 Å². The smallest absolute Gasteiger partial charge is 0.315 e. The van der Waals surface area contributed by atoms with Gasteiger partial charge in [-0.2, -0.15) is 0 Å². The molecule has 4 aromatic rings. The number of aliphatic hydroxyl groups is 2. The molecule has 0 saturated carbocycles. The van der Waals surface area contributed by atoms with Crippen LogP contribution in [0.1, 0.15) is 72.1 Å². The second-order valence-electron chi connectivity index (χ2n) is 12.8. The van der Waals surface area contributed by atoms with E-state index in [1.807, 2.05) is 123 Å². The second kappa shape index (κ2) is 17.3. The lowest BCUT2D eigenvalue weighted by atomic mass is 9.98. The van der Waals surface area contributed by atoms with Crippen molar-refractivity contribution in [3.63, 3.8) is 0 Å². The minimum Gasteiger partial charge on any atom is -0.392 e. The van der Waals surface area contributed by atoms with Crippen molar-refractivity contribution >= 4 is 11.8 Å². The van der Waals surface area contributed by atoms with E-state index in [-0.39, 0.29) is 37.2 Å². The van der Waals surface area contributed by atoms with Crippen molar-refractivity contribution in [2.24, 2.45) is 0 Å². The number of hydrogen-bond donors (Lipinski definition) is 4. The Morgan fingerprint density at radius 3 is 2.08 bits per heavy atom. The second-order valence-corrected chi connectivity index (χ2v) is 12.8. The van der Waals surface area contributed by atoms with Crippen molar-refractivity contribution in [3.05, 3.63) is 143 Å². The molecule has 1 heterocycles. The molecule has 2 amide bonds. The van der Waals surface area contributed by atoms with Crippen LogP contribution in [0.3, 0.4) is 0 Å². The highest BCUT2D eigenvalue weighted by Crippen LogP contribution is 2.38. The van der Waals surface area contributed by atoms with Gasteiger partial charge in [0.1, 0.15) is 0 Å². The average molecular weight is 666 g/mol. The number of likely N-dealkylation sites (N-methyl/N-ethyl adjacent to an activating group) is 1. The molecule has 0 aromatic heterocycles. The van der Waals surface area contributed by atoms with E-state index in [9.17, 15) is 19.8 Å².